The van der Waals surface area contributed by atoms with E-state index >= 15 is 0 Å². The number of ketones is 1. The van der Waals surface area contributed by atoms with Crippen LogP contribution in [-0.4, -0.2) is 21.4 Å². The average molecular weight is 458 g/mol. The topological polar surface area (TPSA) is 71.6 Å². The maximum atomic E-state index is 13.8. The molecule has 1 N–H and O–H groups in total. The molecule has 2 aliphatic heterocycles. The number of azo groups is 1. The lowest BCUT2D eigenvalue weighted by atomic mass is 9.59. The maximum Gasteiger partial charge on any atom is 0.162 e. The van der Waals surface area contributed by atoms with Crippen molar-refractivity contribution in [3.63, 3.8) is 0 Å². The van der Waals surface area contributed by atoms with E-state index in [4.69, 9.17) is 5.11 Å². The largest absolute Gasteiger partial charge is 0.342 e. The van der Waals surface area contributed by atoms with Crippen molar-refractivity contribution in [2.24, 2.45) is 28.1 Å². The van der Waals surface area contributed by atoms with Gasteiger partial charge in [-0.3, -0.25) is 4.79 Å². The molecule has 34 heavy (non-hydrogen) atoms. The quantitative estimate of drug-likeness (QED) is 0.608. The highest BCUT2D eigenvalue weighted by atomic mass is 16.1. The zero-order valence-electron chi connectivity index (χ0n) is 21.4. The number of allylic oxidation sites excluding steroid dienone is 2. The molecule has 5 rings (SSSR count). The predicted molar refractivity (Wildman–Crippen MR) is 134 cm³/mol. The fourth-order valence-electron chi connectivity index (χ4n) is 5.99. The highest BCUT2D eigenvalue weighted by Gasteiger charge is 2.52. The van der Waals surface area contributed by atoms with Crippen molar-refractivity contribution in [1.29, 1.82) is 0 Å². The summed E-state index contributed by atoms with van der Waals surface area (Å²) >= 11 is 0. The van der Waals surface area contributed by atoms with Gasteiger partial charge in [-0.2, -0.15) is 5.11 Å². The molecule has 0 amide bonds. The highest BCUT2D eigenvalue weighted by Crippen LogP contribution is 2.54. The van der Waals surface area contributed by atoms with Crippen molar-refractivity contribution < 1.29 is 4.79 Å². The summed E-state index contributed by atoms with van der Waals surface area (Å²) in [6, 6.07) is 8.50. The lowest BCUT2D eigenvalue weighted by Crippen LogP contribution is -2.46. The van der Waals surface area contributed by atoms with E-state index in [2.05, 4.69) is 81.2 Å². The number of benzene rings is 1. The summed E-state index contributed by atoms with van der Waals surface area (Å²) in [6.07, 6.45) is 5.94. The van der Waals surface area contributed by atoms with Crippen LogP contribution in [0.25, 0.3) is 11.3 Å². The second-order valence-corrected chi connectivity index (χ2v) is 12.3. The molecule has 6 nitrogen and oxygen atoms in total. The number of rotatable bonds is 3. The molecule has 2 aromatic rings. The molecule has 1 unspecified atom stereocenters. The number of aromatic nitrogens is 2. The summed E-state index contributed by atoms with van der Waals surface area (Å²) in [5, 5.41) is 12.9. The Morgan fingerprint density at radius 3 is 2.62 bits per heavy atom. The maximum absolute atomic E-state index is 13.8. The van der Waals surface area contributed by atoms with Crippen LogP contribution in [-0.2, 0) is 17.3 Å². The lowest BCUT2D eigenvalue weighted by molar-refractivity contribution is -0.118. The first kappa shape index (κ1) is 22.8. The van der Waals surface area contributed by atoms with E-state index in [0.717, 1.165) is 52.3 Å². The van der Waals surface area contributed by atoms with Gasteiger partial charge in [0.15, 0.2) is 11.6 Å². The van der Waals surface area contributed by atoms with E-state index in [9.17, 15) is 4.79 Å². The standard InChI is InChI=1S/C28H35N5O/c1-26(2,3)12-20-24-25(32-31-20)30-19-13-27(4,5)14-22(34)23(19)28(24,6)18-10-8-9-17(11-18)21-15-29-16-33(21)7/h8-11,15-16,20,30H,12-14H2,1-7H3/t20?,28-/m1/s1. The van der Waals surface area contributed by atoms with Crippen LogP contribution < -0.4 is 5.32 Å². The minimum atomic E-state index is -0.600. The second kappa shape index (κ2) is 7.49. The average Bonchev–Trinajstić information content (AvgIpc) is 3.32. The van der Waals surface area contributed by atoms with Crippen LogP contribution in [0.1, 0.15) is 66.4 Å². The van der Waals surface area contributed by atoms with Gasteiger partial charge in [0, 0.05) is 41.3 Å². The fraction of sp³-hybridized carbons (Fsp3) is 0.500. The molecule has 0 spiro atoms. The molecular formula is C28H35N5O. The van der Waals surface area contributed by atoms with Crippen molar-refractivity contribution in [1.82, 2.24) is 14.9 Å². The minimum absolute atomic E-state index is 0.0651. The monoisotopic (exact) mass is 457 g/mol. The van der Waals surface area contributed by atoms with Crippen LogP contribution in [0.3, 0.4) is 0 Å². The normalized spacial score (nSPS) is 26.0. The number of Topliss-reactive ketones (excluding diaryl/α,β-unsaturated/α-hetero) is 1. The Hall–Kier alpha value is -3.02. The molecule has 3 aliphatic rings. The lowest BCUT2D eigenvalue weighted by Gasteiger charge is -2.45. The van der Waals surface area contributed by atoms with Gasteiger partial charge in [-0.25, -0.2) is 4.98 Å². The third kappa shape index (κ3) is 3.64. The first-order valence-corrected chi connectivity index (χ1v) is 12.2. The number of imidazole rings is 1. The van der Waals surface area contributed by atoms with Gasteiger partial charge < -0.3 is 9.88 Å². The molecule has 0 saturated heterocycles. The van der Waals surface area contributed by atoms with Crippen molar-refractivity contribution in [3.05, 3.63) is 65.0 Å². The molecule has 2 atom stereocenters. The third-order valence-electron chi connectivity index (χ3n) is 7.43. The van der Waals surface area contributed by atoms with Crippen LogP contribution in [0, 0.1) is 10.8 Å². The Balaban J connectivity index is 1.72. The van der Waals surface area contributed by atoms with E-state index in [-0.39, 0.29) is 22.7 Å². The molecule has 3 heterocycles. The van der Waals surface area contributed by atoms with E-state index in [1.54, 1.807) is 0 Å². The molecular weight excluding hydrogens is 422 g/mol. The zero-order valence-corrected chi connectivity index (χ0v) is 21.4. The van der Waals surface area contributed by atoms with E-state index in [0.29, 0.717) is 6.42 Å². The van der Waals surface area contributed by atoms with Crippen LogP contribution in [0.4, 0.5) is 0 Å². The van der Waals surface area contributed by atoms with Gasteiger partial charge in [0.1, 0.15) is 0 Å². The van der Waals surface area contributed by atoms with Crippen LogP contribution in [0.2, 0.25) is 0 Å². The molecule has 1 aliphatic carbocycles. The van der Waals surface area contributed by atoms with Crippen LogP contribution in [0.5, 0.6) is 0 Å². The number of nitrogens with zero attached hydrogens (tertiary/aromatic N) is 4. The Kier molecular flexibility index (Phi) is 5.01. The number of carbonyl (C=O) groups is 1. The van der Waals surface area contributed by atoms with Crippen molar-refractivity contribution >= 4 is 5.78 Å². The molecule has 1 aromatic carbocycles. The fourth-order valence-corrected chi connectivity index (χ4v) is 5.99. The highest BCUT2D eigenvalue weighted by molar-refractivity contribution is 6.01. The Morgan fingerprint density at radius 1 is 1.18 bits per heavy atom. The van der Waals surface area contributed by atoms with Crippen LogP contribution >= 0.6 is 0 Å². The summed E-state index contributed by atoms with van der Waals surface area (Å²) in [7, 11) is 2.00. The first-order chi connectivity index (χ1) is 15.9. The van der Waals surface area contributed by atoms with Crippen molar-refractivity contribution in [2.45, 2.75) is 72.3 Å². The van der Waals surface area contributed by atoms with Gasteiger partial charge in [-0.05, 0) is 42.2 Å². The Morgan fingerprint density at radius 2 is 1.94 bits per heavy atom. The smallest absolute Gasteiger partial charge is 0.162 e. The summed E-state index contributed by atoms with van der Waals surface area (Å²) in [6.45, 7) is 13.2. The zero-order chi connectivity index (χ0) is 24.5. The SMILES string of the molecule is Cn1cncc1-c1cccc([C@]2(C)C3=C(CC(C)(C)CC3=O)NC3=C2C(CC(C)(C)C)N=N3)c1. The minimum Gasteiger partial charge on any atom is -0.342 e. The van der Waals surface area contributed by atoms with Crippen molar-refractivity contribution in [3.8, 4) is 11.3 Å². The number of hydrogen-bond acceptors (Lipinski definition) is 5. The van der Waals surface area contributed by atoms with E-state index in [1.807, 2.05) is 24.1 Å². The number of dihydropyridines is 1. The number of aryl methyl sites for hydroxylation is 1. The van der Waals surface area contributed by atoms with Gasteiger partial charge in [0.05, 0.1) is 24.3 Å². The number of carbonyl (C=O) groups excluding carboxylic acids is 1. The van der Waals surface area contributed by atoms with Gasteiger partial charge in [-0.1, -0.05) is 52.8 Å². The molecule has 1 aromatic heterocycles. The summed E-state index contributed by atoms with van der Waals surface area (Å²) in [5.74, 6) is 1.05. The molecule has 0 radical (unpaired) electrons. The number of hydrogen-bond donors (Lipinski definition) is 1. The summed E-state index contributed by atoms with van der Waals surface area (Å²) in [5.41, 5.74) is 5.65. The number of nitrogens with one attached hydrogen (secondary N) is 1. The molecule has 0 fully saturated rings. The van der Waals surface area contributed by atoms with Gasteiger partial charge in [0.25, 0.3) is 0 Å². The second-order valence-electron chi connectivity index (χ2n) is 12.3. The van der Waals surface area contributed by atoms with E-state index in [1.165, 1.54) is 0 Å². The predicted octanol–water partition coefficient (Wildman–Crippen LogP) is 6.07. The Bertz CT molecular complexity index is 1270. The molecule has 178 valence electrons. The van der Waals surface area contributed by atoms with Crippen molar-refractivity contribution in [2.75, 3.05) is 0 Å². The Labute approximate surface area is 202 Å². The first-order valence-electron chi connectivity index (χ1n) is 12.2. The van der Waals surface area contributed by atoms with Gasteiger partial charge in [-0.15, -0.1) is 5.11 Å². The summed E-state index contributed by atoms with van der Waals surface area (Å²) < 4.78 is 2.02. The molecule has 0 saturated carbocycles. The van der Waals surface area contributed by atoms with Gasteiger partial charge in [0.2, 0.25) is 0 Å². The van der Waals surface area contributed by atoms with Gasteiger partial charge >= 0.3 is 0 Å². The summed E-state index contributed by atoms with van der Waals surface area (Å²) in [4.78, 5) is 18.1. The van der Waals surface area contributed by atoms with E-state index < -0.39 is 5.41 Å². The molecule has 6 heteroatoms. The molecule has 0 bridgehead atoms. The van der Waals surface area contributed by atoms with Crippen LogP contribution in [0.15, 0.2) is 69.7 Å². The third-order valence-corrected chi connectivity index (χ3v) is 7.43.